The number of carbonyl (C=O) groups excluding carboxylic acids is 1. The SMILES string of the molecule is O=C(C1=C[C@@H](c2ccccc2)C[C@@H](OCCCCO)O1)N1CCC(N2CCCCC2)CC1. The second-order valence-electron chi connectivity index (χ2n) is 9.25. The van der Waals surface area contributed by atoms with Gasteiger partial charge in [-0.3, -0.25) is 4.79 Å². The van der Waals surface area contributed by atoms with Gasteiger partial charge in [0.15, 0.2) is 5.76 Å². The Balaban J connectivity index is 1.39. The number of benzene rings is 1. The van der Waals surface area contributed by atoms with Gasteiger partial charge in [0.1, 0.15) is 0 Å². The van der Waals surface area contributed by atoms with Crippen molar-refractivity contribution in [2.75, 3.05) is 39.4 Å². The molecule has 4 rings (SSSR count). The zero-order chi connectivity index (χ0) is 22.2. The molecular formula is C26H38N2O4. The molecule has 6 heteroatoms. The number of hydrogen-bond donors (Lipinski definition) is 1. The maximum absolute atomic E-state index is 13.4. The van der Waals surface area contributed by atoms with Crippen LogP contribution in [0.5, 0.6) is 0 Å². The van der Waals surface area contributed by atoms with Gasteiger partial charge in [-0.1, -0.05) is 36.8 Å². The van der Waals surface area contributed by atoms with E-state index in [4.69, 9.17) is 14.6 Å². The highest BCUT2D eigenvalue weighted by Crippen LogP contribution is 2.32. The van der Waals surface area contributed by atoms with E-state index in [1.807, 2.05) is 29.2 Å². The molecule has 1 N–H and O–H groups in total. The summed E-state index contributed by atoms with van der Waals surface area (Å²) in [7, 11) is 0. The Morgan fingerprint density at radius 1 is 1.03 bits per heavy atom. The topological polar surface area (TPSA) is 62.2 Å². The van der Waals surface area contributed by atoms with Crippen molar-refractivity contribution in [3.8, 4) is 0 Å². The average Bonchev–Trinajstić information content (AvgIpc) is 2.87. The Labute approximate surface area is 192 Å². The molecule has 6 nitrogen and oxygen atoms in total. The van der Waals surface area contributed by atoms with E-state index in [-0.39, 0.29) is 18.4 Å². The molecule has 0 bridgehead atoms. The quantitative estimate of drug-likeness (QED) is 0.623. The highest BCUT2D eigenvalue weighted by atomic mass is 16.7. The molecule has 0 saturated carbocycles. The molecule has 0 aliphatic carbocycles. The average molecular weight is 443 g/mol. The number of ether oxygens (including phenoxy) is 2. The molecule has 0 radical (unpaired) electrons. The summed E-state index contributed by atoms with van der Waals surface area (Å²) in [5.41, 5.74) is 1.17. The van der Waals surface area contributed by atoms with E-state index in [1.54, 1.807) is 0 Å². The summed E-state index contributed by atoms with van der Waals surface area (Å²) in [6.07, 6.45) is 9.79. The Morgan fingerprint density at radius 2 is 1.78 bits per heavy atom. The van der Waals surface area contributed by atoms with Crippen molar-refractivity contribution < 1.29 is 19.4 Å². The van der Waals surface area contributed by atoms with E-state index in [2.05, 4.69) is 17.0 Å². The van der Waals surface area contributed by atoms with Crippen molar-refractivity contribution in [2.45, 2.75) is 69.6 Å². The maximum Gasteiger partial charge on any atom is 0.288 e. The van der Waals surface area contributed by atoms with Crippen molar-refractivity contribution in [3.63, 3.8) is 0 Å². The van der Waals surface area contributed by atoms with Gasteiger partial charge < -0.3 is 24.4 Å². The normalized spacial score (nSPS) is 25.3. The highest BCUT2D eigenvalue weighted by Gasteiger charge is 2.33. The second-order valence-corrected chi connectivity index (χ2v) is 9.25. The van der Waals surface area contributed by atoms with Gasteiger partial charge in [-0.25, -0.2) is 0 Å². The third-order valence-corrected chi connectivity index (χ3v) is 7.01. The number of hydrogen-bond acceptors (Lipinski definition) is 5. The number of unbranched alkanes of at least 4 members (excludes halogenated alkanes) is 1. The molecule has 1 aromatic carbocycles. The number of rotatable bonds is 8. The van der Waals surface area contributed by atoms with E-state index in [9.17, 15) is 4.79 Å². The number of allylic oxidation sites excluding steroid dienone is 1. The molecule has 0 spiro atoms. The van der Waals surface area contributed by atoms with Crippen molar-refractivity contribution >= 4 is 5.91 Å². The fraction of sp³-hybridized carbons (Fsp3) is 0.654. The molecule has 0 unspecified atom stereocenters. The molecule has 32 heavy (non-hydrogen) atoms. The lowest BCUT2D eigenvalue weighted by Crippen LogP contribution is -2.49. The molecule has 1 amide bonds. The predicted octanol–water partition coefficient (Wildman–Crippen LogP) is 3.67. The Morgan fingerprint density at radius 3 is 2.50 bits per heavy atom. The maximum atomic E-state index is 13.4. The lowest BCUT2D eigenvalue weighted by atomic mass is 9.92. The lowest BCUT2D eigenvalue weighted by molar-refractivity contribution is -0.153. The lowest BCUT2D eigenvalue weighted by Gasteiger charge is -2.40. The Kier molecular flexibility index (Phi) is 8.60. The van der Waals surface area contributed by atoms with Crippen LogP contribution in [0, 0.1) is 0 Å². The number of piperidine rings is 2. The van der Waals surface area contributed by atoms with Crippen LogP contribution in [0.25, 0.3) is 0 Å². The summed E-state index contributed by atoms with van der Waals surface area (Å²) in [4.78, 5) is 18.0. The molecule has 2 fully saturated rings. The molecule has 2 saturated heterocycles. The van der Waals surface area contributed by atoms with Crippen LogP contribution in [0.4, 0.5) is 0 Å². The number of carbonyl (C=O) groups is 1. The van der Waals surface area contributed by atoms with Gasteiger partial charge in [-0.15, -0.1) is 0 Å². The first-order chi connectivity index (χ1) is 15.7. The second kappa shape index (κ2) is 11.8. The molecule has 3 aliphatic rings. The van der Waals surface area contributed by atoms with E-state index in [0.29, 0.717) is 31.2 Å². The Bertz CT molecular complexity index is 739. The summed E-state index contributed by atoms with van der Waals surface area (Å²) in [5, 5.41) is 9.01. The van der Waals surface area contributed by atoms with Crippen LogP contribution in [0.2, 0.25) is 0 Å². The first-order valence-corrected chi connectivity index (χ1v) is 12.4. The van der Waals surface area contributed by atoms with Crippen molar-refractivity contribution in [3.05, 3.63) is 47.7 Å². The third-order valence-electron chi connectivity index (χ3n) is 7.01. The standard InChI is InChI=1S/C26H38N2O4/c29-17-7-8-18-31-25-20-22(21-9-3-1-4-10-21)19-24(32-25)26(30)28-15-11-23(12-16-28)27-13-5-2-6-14-27/h1,3-4,9-10,19,22-23,25,29H,2,5-8,11-18,20H2/t22-,25+/m1/s1. The fourth-order valence-electron chi connectivity index (χ4n) is 5.15. The largest absolute Gasteiger partial charge is 0.459 e. The van der Waals surface area contributed by atoms with E-state index in [1.165, 1.54) is 37.9 Å². The summed E-state index contributed by atoms with van der Waals surface area (Å²) < 4.78 is 12.0. The van der Waals surface area contributed by atoms with Crippen LogP contribution in [0.1, 0.15) is 62.8 Å². The van der Waals surface area contributed by atoms with Crippen molar-refractivity contribution in [2.24, 2.45) is 0 Å². The van der Waals surface area contributed by atoms with Crippen LogP contribution in [0.15, 0.2) is 42.2 Å². The van der Waals surface area contributed by atoms with Crippen molar-refractivity contribution in [1.82, 2.24) is 9.80 Å². The fourth-order valence-corrected chi connectivity index (χ4v) is 5.15. The van der Waals surface area contributed by atoms with Crippen LogP contribution in [-0.4, -0.2) is 72.5 Å². The number of aliphatic hydroxyl groups is 1. The molecule has 2 atom stereocenters. The summed E-state index contributed by atoms with van der Waals surface area (Å²) in [6.45, 7) is 4.69. The van der Waals surface area contributed by atoms with E-state index in [0.717, 1.165) is 32.4 Å². The molecule has 176 valence electrons. The number of aliphatic hydroxyl groups excluding tert-OH is 1. The summed E-state index contributed by atoms with van der Waals surface area (Å²) in [6, 6.07) is 10.9. The van der Waals surface area contributed by atoms with Crippen LogP contribution in [-0.2, 0) is 14.3 Å². The van der Waals surface area contributed by atoms with Gasteiger partial charge in [0, 0.05) is 38.1 Å². The van der Waals surface area contributed by atoms with Crippen LogP contribution < -0.4 is 0 Å². The van der Waals surface area contributed by atoms with Crippen molar-refractivity contribution in [1.29, 1.82) is 0 Å². The monoisotopic (exact) mass is 442 g/mol. The number of likely N-dealkylation sites (tertiary alicyclic amines) is 2. The van der Waals surface area contributed by atoms with Gasteiger partial charge in [-0.05, 0) is 63.3 Å². The minimum atomic E-state index is -0.436. The first-order valence-electron chi connectivity index (χ1n) is 12.4. The zero-order valence-corrected chi connectivity index (χ0v) is 19.2. The minimum absolute atomic E-state index is 0.00770. The van der Waals surface area contributed by atoms with E-state index >= 15 is 0 Å². The van der Waals surface area contributed by atoms with Gasteiger partial charge >= 0.3 is 0 Å². The minimum Gasteiger partial charge on any atom is -0.459 e. The Hall–Kier alpha value is -1.89. The smallest absolute Gasteiger partial charge is 0.288 e. The third kappa shape index (κ3) is 6.12. The van der Waals surface area contributed by atoms with Gasteiger partial charge in [0.25, 0.3) is 5.91 Å². The molecule has 3 aliphatic heterocycles. The molecule has 0 aromatic heterocycles. The van der Waals surface area contributed by atoms with Gasteiger partial charge in [-0.2, -0.15) is 0 Å². The number of amides is 1. The molecule has 1 aromatic rings. The van der Waals surface area contributed by atoms with Crippen LogP contribution in [0.3, 0.4) is 0 Å². The van der Waals surface area contributed by atoms with Crippen LogP contribution >= 0.6 is 0 Å². The van der Waals surface area contributed by atoms with Gasteiger partial charge in [0.05, 0.1) is 6.61 Å². The predicted molar refractivity (Wildman–Crippen MR) is 124 cm³/mol. The first kappa shape index (κ1) is 23.3. The summed E-state index contributed by atoms with van der Waals surface area (Å²) in [5.74, 6) is 0.512. The molecule has 3 heterocycles. The zero-order valence-electron chi connectivity index (χ0n) is 19.2. The summed E-state index contributed by atoms with van der Waals surface area (Å²) >= 11 is 0. The van der Waals surface area contributed by atoms with Gasteiger partial charge in [0.2, 0.25) is 6.29 Å². The highest BCUT2D eigenvalue weighted by molar-refractivity contribution is 5.91. The van der Waals surface area contributed by atoms with E-state index < -0.39 is 6.29 Å². The number of nitrogens with zero attached hydrogens (tertiary/aromatic N) is 2. The molecular weight excluding hydrogens is 404 g/mol.